The Kier molecular flexibility index (Phi) is 2.69. The van der Waals surface area contributed by atoms with Gasteiger partial charge in [0, 0.05) is 30.9 Å². The van der Waals surface area contributed by atoms with Crippen LogP contribution in [0.4, 0.5) is 0 Å². The number of rotatable bonds is 2. The standard InChI is InChI=1S/C11H17N3OS/c12-8-11(1-4-15-5-2-11)9-7-10-14(13-9)3-6-16-10/h7H,1-6,8,12H2. The summed E-state index contributed by atoms with van der Waals surface area (Å²) in [5, 5.41) is 6.02. The highest BCUT2D eigenvalue weighted by Crippen LogP contribution is 2.36. The molecule has 3 rings (SSSR count). The van der Waals surface area contributed by atoms with Gasteiger partial charge in [-0.2, -0.15) is 5.10 Å². The Hall–Kier alpha value is -0.520. The van der Waals surface area contributed by atoms with Crippen LogP contribution in [0.3, 0.4) is 0 Å². The summed E-state index contributed by atoms with van der Waals surface area (Å²) in [4.78, 5) is 0. The molecule has 0 amide bonds. The van der Waals surface area contributed by atoms with Crippen molar-refractivity contribution in [1.82, 2.24) is 9.78 Å². The Morgan fingerprint density at radius 3 is 3.00 bits per heavy atom. The van der Waals surface area contributed by atoms with Crippen LogP contribution in [-0.4, -0.2) is 35.3 Å². The number of hydrogen-bond donors (Lipinski definition) is 1. The molecule has 3 heterocycles. The predicted octanol–water partition coefficient (Wildman–Crippen LogP) is 0.996. The molecule has 0 saturated carbocycles. The van der Waals surface area contributed by atoms with E-state index in [1.54, 1.807) is 0 Å². The SMILES string of the molecule is NCC1(c2cc3n(n2)CCS3)CCOCC1. The maximum atomic E-state index is 5.98. The molecule has 5 heteroatoms. The van der Waals surface area contributed by atoms with E-state index in [-0.39, 0.29) is 5.41 Å². The molecule has 1 aromatic heterocycles. The molecule has 4 nitrogen and oxygen atoms in total. The summed E-state index contributed by atoms with van der Waals surface area (Å²) >= 11 is 1.89. The summed E-state index contributed by atoms with van der Waals surface area (Å²) in [5.74, 6) is 1.15. The predicted molar refractivity (Wildman–Crippen MR) is 63.7 cm³/mol. The number of aryl methyl sites for hydroxylation is 1. The molecule has 0 aliphatic carbocycles. The lowest BCUT2D eigenvalue weighted by molar-refractivity contribution is 0.0513. The highest BCUT2D eigenvalue weighted by atomic mass is 32.2. The van der Waals surface area contributed by atoms with Crippen molar-refractivity contribution in [3.05, 3.63) is 11.8 Å². The molecule has 0 bridgehead atoms. The van der Waals surface area contributed by atoms with Crippen LogP contribution >= 0.6 is 11.8 Å². The number of fused-ring (bicyclic) bond motifs is 1. The number of hydrogen-bond acceptors (Lipinski definition) is 4. The summed E-state index contributed by atoms with van der Waals surface area (Å²) < 4.78 is 7.55. The quantitative estimate of drug-likeness (QED) is 0.836. The molecule has 0 atom stereocenters. The number of thioether (sulfide) groups is 1. The van der Waals surface area contributed by atoms with Gasteiger partial charge in [-0.1, -0.05) is 0 Å². The van der Waals surface area contributed by atoms with E-state index in [0.29, 0.717) is 6.54 Å². The molecule has 0 aromatic carbocycles. The number of aromatic nitrogens is 2. The van der Waals surface area contributed by atoms with Crippen LogP contribution in [0.25, 0.3) is 0 Å². The third-order valence-corrected chi connectivity index (χ3v) is 4.69. The van der Waals surface area contributed by atoms with E-state index in [1.165, 1.54) is 10.7 Å². The van der Waals surface area contributed by atoms with E-state index in [4.69, 9.17) is 15.6 Å². The summed E-state index contributed by atoms with van der Waals surface area (Å²) in [6.07, 6.45) is 2.01. The third kappa shape index (κ3) is 1.58. The molecule has 1 fully saturated rings. The molecule has 2 aliphatic rings. The fourth-order valence-corrected chi connectivity index (χ4v) is 3.45. The normalized spacial score (nSPS) is 23.3. The van der Waals surface area contributed by atoms with Gasteiger partial charge in [0.15, 0.2) is 0 Å². The van der Waals surface area contributed by atoms with Crippen molar-refractivity contribution in [3.63, 3.8) is 0 Å². The second-order valence-corrected chi connectivity index (χ2v) is 5.65. The van der Waals surface area contributed by atoms with Gasteiger partial charge < -0.3 is 10.5 Å². The molecule has 1 saturated heterocycles. The molecule has 16 heavy (non-hydrogen) atoms. The molecular formula is C11H17N3OS. The average Bonchev–Trinajstić information content (AvgIpc) is 2.90. The van der Waals surface area contributed by atoms with Gasteiger partial charge >= 0.3 is 0 Å². The topological polar surface area (TPSA) is 53.1 Å². The van der Waals surface area contributed by atoms with Crippen LogP contribution in [0, 0.1) is 0 Å². The number of ether oxygens (including phenoxy) is 1. The average molecular weight is 239 g/mol. The fraction of sp³-hybridized carbons (Fsp3) is 0.727. The smallest absolute Gasteiger partial charge is 0.0943 e. The van der Waals surface area contributed by atoms with E-state index >= 15 is 0 Å². The minimum absolute atomic E-state index is 0.0656. The molecule has 88 valence electrons. The lowest BCUT2D eigenvalue weighted by atomic mass is 9.77. The van der Waals surface area contributed by atoms with E-state index in [1.807, 2.05) is 11.8 Å². The number of nitrogens with two attached hydrogens (primary N) is 1. The first-order valence-corrected chi connectivity index (χ1v) is 6.82. The van der Waals surface area contributed by atoms with Crippen LogP contribution in [-0.2, 0) is 16.7 Å². The lowest BCUT2D eigenvalue weighted by Crippen LogP contribution is -2.41. The van der Waals surface area contributed by atoms with Gasteiger partial charge in [0.25, 0.3) is 0 Å². The molecular weight excluding hydrogens is 222 g/mol. The molecule has 1 aromatic rings. The minimum Gasteiger partial charge on any atom is -0.381 e. The van der Waals surface area contributed by atoms with Crippen LogP contribution in [0.15, 0.2) is 11.1 Å². The van der Waals surface area contributed by atoms with Gasteiger partial charge in [-0.25, -0.2) is 0 Å². The zero-order chi connectivity index (χ0) is 11.0. The van der Waals surface area contributed by atoms with Crippen molar-refractivity contribution >= 4 is 11.8 Å². The van der Waals surface area contributed by atoms with Crippen LogP contribution in [0.1, 0.15) is 18.5 Å². The second kappa shape index (κ2) is 4.05. The van der Waals surface area contributed by atoms with Gasteiger partial charge in [-0.05, 0) is 18.9 Å². The molecule has 0 spiro atoms. The largest absolute Gasteiger partial charge is 0.381 e. The molecule has 0 unspecified atom stereocenters. The van der Waals surface area contributed by atoms with Crippen molar-refractivity contribution in [2.24, 2.45) is 5.73 Å². The van der Waals surface area contributed by atoms with E-state index < -0.39 is 0 Å². The van der Waals surface area contributed by atoms with Crippen molar-refractivity contribution < 1.29 is 4.74 Å². The van der Waals surface area contributed by atoms with Crippen LogP contribution in [0.2, 0.25) is 0 Å². The van der Waals surface area contributed by atoms with Gasteiger partial charge in [0.2, 0.25) is 0 Å². The van der Waals surface area contributed by atoms with Crippen molar-refractivity contribution in [2.45, 2.75) is 29.8 Å². The summed E-state index contributed by atoms with van der Waals surface area (Å²) in [5.41, 5.74) is 7.22. The van der Waals surface area contributed by atoms with Crippen molar-refractivity contribution in [3.8, 4) is 0 Å². The first-order valence-electron chi connectivity index (χ1n) is 5.83. The molecule has 2 N–H and O–H groups in total. The molecule has 0 radical (unpaired) electrons. The summed E-state index contributed by atoms with van der Waals surface area (Å²) in [6.45, 7) is 3.34. The van der Waals surface area contributed by atoms with Crippen molar-refractivity contribution in [2.75, 3.05) is 25.5 Å². The van der Waals surface area contributed by atoms with Gasteiger partial charge in [-0.3, -0.25) is 4.68 Å². The highest BCUT2D eigenvalue weighted by Gasteiger charge is 2.36. The summed E-state index contributed by atoms with van der Waals surface area (Å²) in [7, 11) is 0. The first kappa shape index (κ1) is 10.6. The Labute approximate surface area is 99.5 Å². The first-order chi connectivity index (χ1) is 7.84. The summed E-state index contributed by atoms with van der Waals surface area (Å²) in [6, 6.07) is 2.23. The van der Waals surface area contributed by atoms with E-state index in [9.17, 15) is 0 Å². The van der Waals surface area contributed by atoms with E-state index in [2.05, 4.69) is 10.7 Å². The Morgan fingerprint density at radius 2 is 2.31 bits per heavy atom. The maximum absolute atomic E-state index is 5.98. The van der Waals surface area contributed by atoms with Crippen LogP contribution < -0.4 is 5.73 Å². The highest BCUT2D eigenvalue weighted by molar-refractivity contribution is 7.99. The monoisotopic (exact) mass is 239 g/mol. The molecule has 2 aliphatic heterocycles. The van der Waals surface area contributed by atoms with Crippen LogP contribution in [0.5, 0.6) is 0 Å². The zero-order valence-electron chi connectivity index (χ0n) is 9.32. The third-order valence-electron chi connectivity index (χ3n) is 3.68. The van der Waals surface area contributed by atoms with Crippen molar-refractivity contribution in [1.29, 1.82) is 0 Å². The Morgan fingerprint density at radius 1 is 1.50 bits per heavy atom. The maximum Gasteiger partial charge on any atom is 0.0943 e. The minimum atomic E-state index is 0.0656. The Balaban J connectivity index is 1.93. The van der Waals surface area contributed by atoms with Gasteiger partial charge in [-0.15, -0.1) is 11.8 Å². The van der Waals surface area contributed by atoms with Gasteiger partial charge in [0.1, 0.15) is 0 Å². The zero-order valence-corrected chi connectivity index (χ0v) is 10.1. The second-order valence-electron chi connectivity index (χ2n) is 4.54. The lowest BCUT2D eigenvalue weighted by Gasteiger charge is -2.34. The number of nitrogens with zero attached hydrogens (tertiary/aromatic N) is 2. The fourth-order valence-electron chi connectivity index (χ4n) is 2.50. The van der Waals surface area contributed by atoms with E-state index in [0.717, 1.165) is 38.4 Å². The Bertz CT molecular complexity index is 363. The van der Waals surface area contributed by atoms with Gasteiger partial charge in [0.05, 0.1) is 17.3 Å².